The summed E-state index contributed by atoms with van der Waals surface area (Å²) >= 11 is 0. The normalized spacial score (nSPS) is 18.9. The second-order valence-corrected chi connectivity index (χ2v) is 6.20. The van der Waals surface area contributed by atoms with Gasteiger partial charge in [-0.2, -0.15) is 0 Å². The fraction of sp³-hybridized carbons (Fsp3) is 0.529. The van der Waals surface area contributed by atoms with Gasteiger partial charge in [0.2, 0.25) is 5.91 Å². The van der Waals surface area contributed by atoms with Crippen molar-refractivity contribution < 1.29 is 9.59 Å². The quantitative estimate of drug-likeness (QED) is 0.791. The third-order valence-corrected chi connectivity index (χ3v) is 4.35. The third-order valence-electron chi connectivity index (χ3n) is 4.35. The molecule has 0 aromatic heterocycles. The summed E-state index contributed by atoms with van der Waals surface area (Å²) in [5.74, 6) is 1.02. The lowest BCUT2D eigenvalue weighted by atomic mass is 9.95. The molecular weight excluding hydrogens is 250 g/mol. The van der Waals surface area contributed by atoms with E-state index in [1.165, 1.54) is 5.56 Å². The predicted octanol–water partition coefficient (Wildman–Crippen LogP) is 2.99. The molecular formula is C17H23NO2. The van der Waals surface area contributed by atoms with E-state index in [9.17, 15) is 9.59 Å². The standard InChI is InChI=1S/C17H23NO2/c1-11(2)15-8-17(20)18(9-15)10-16(19)14-6-5-12(3)13(4)7-14/h5-7,11,15H,8-10H2,1-4H3. The molecule has 1 saturated heterocycles. The van der Waals surface area contributed by atoms with Crippen LogP contribution in [0.3, 0.4) is 0 Å². The molecule has 1 aliphatic heterocycles. The summed E-state index contributed by atoms with van der Waals surface area (Å²) in [4.78, 5) is 26.0. The Hall–Kier alpha value is -1.64. The number of hydrogen-bond donors (Lipinski definition) is 0. The first-order valence-electron chi connectivity index (χ1n) is 7.26. The summed E-state index contributed by atoms with van der Waals surface area (Å²) in [6.45, 7) is 9.22. The fourth-order valence-corrected chi connectivity index (χ4v) is 2.58. The molecule has 0 spiro atoms. The van der Waals surface area contributed by atoms with Crippen molar-refractivity contribution in [2.24, 2.45) is 11.8 Å². The molecule has 108 valence electrons. The maximum Gasteiger partial charge on any atom is 0.223 e. The minimum atomic E-state index is 0.0332. The molecule has 1 amide bonds. The van der Waals surface area contributed by atoms with Crippen LogP contribution in [0.25, 0.3) is 0 Å². The molecule has 1 aliphatic rings. The lowest BCUT2D eigenvalue weighted by Crippen LogP contribution is -2.31. The van der Waals surface area contributed by atoms with E-state index in [0.29, 0.717) is 30.4 Å². The highest BCUT2D eigenvalue weighted by molar-refractivity contribution is 5.99. The van der Waals surface area contributed by atoms with Gasteiger partial charge in [0.1, 0.15) is 0 Å². The van der Waals surface area contributed by atoms with Crippen molar-refractivity contribution in [3.05, 3.63) is 34.9 Å². The molecule has 0 bridgehead atoms. The summed E-state index contributed by atoms with van der Waals surface area (Å²) in [5.41, 5.74) is 3.00. The van der Waals surface area contributed by atoms with Crippen LogP contribution >= 0.6 is 0 Å². The van der Waals surface area contributed by atoms with Crippen LogP contribution in [0.15, 0.2) is 18.2 Å². The molecule has 0 saturated carbocycles. The van der Waals surface area contributed by atoms with Crippen LogP contribution in [0.1, 0.15) is 41.8 Å². The lowest BCUT2D eigenvalue weighted by Gasteiger charge is -2.17. The summed E-state index contributed by atoms with van der Waals surface area (Å²) in [6.07, 6.45) is 0.581. The molecule has 1 atom stereocenters. The van der Waals surface area contributed by atoms with Gasteiger partial charge in [-0.05, 0) is 42.9 Å². The number of carbonyl (C=O) groups excluding carboxylic acids is 2. The second-order valence-electron chi connectivity index (χ2n) is 6.20. The molecule has 1 unspecified atom stereocenters. The number of ketones is 1. The van der Waals surface area contributed by atoms with Gasteiger partial charge >= 0.3 is 0 Å². The van der Waals surface area contributed by atoms with E-state index in [-0.39, 0.29) is 18.2 Å². The first-order valence-corrected chi connectivity index (χ1v) is 7.26. The molecule has 0 N–H and O–H groups in total. The van der Waals surface area contributed by atoms with Crippen molar-refractivity contribution in [2.45, 2.75) is 34.1 Å². The van der Waals surface area contributed by atoms with Gasteiger partial charge in [0.15, 0.2) is 5.78 Å². The third kappa shape index (κ3) is 3.09. The van der Waals surface area contributed by atoms with Gasteiger partial charge < -0.3 is 4.90 Å². The highest BCUT2D eigenvalue weighted by Crippen LogP contribution is 2.25. The number of hydrogen-bond acceptors (Lipinski definition) is 2. The zero-order valence-electron chi connectivity index (χ0n) is 12.8. The van der Waals surface area contributed by atoms with Crippen molar-refractivity contribution >= 4 is 11.7 Å². The average molecular weight is 273 g/mol. The Morgan fingerprint density at radius 1 is 1.30 bits per heavy atom. The number of Topliss-reactive ketones (excluding diaryl/α,β-unsaturated/α-hetero) is 1. The van der Waals surface area contributed by atoms with Crippen molar-refractivity contribution in [1.29, 1.82) is 0 Å². The average Bonchev–Trinajstić information content (AvgIpc) is 2.74. The van der Waals surface area contributed by atoms with Crippen molar-refractivity contribution in [1.82, 2.24) is 4.90 Å². The summed E-state index contributed by atoms with van der Waals surface area (Å²) in [6, 6.07) is 5.73. The summed E-state index contributed by atoms with van der Waals surface area (Å²) in [7, 11) is 0. The second kappa shape index (κ2) is 5.78. The zero-order chi connectivity index (χ0) is 14.9. The van der Waals surface area contributed by atoms with Gasteiger partial charge in [0.05, 0.1) is 6.54 Å². The molecule has 1 aromatic rings. The number of carbonyl (C=O) groups is 2. The minimum Gasteiger partial charge on any atom is -0.335 e. The van der Waals surface area contributed by atoms with Crippen LogP contribution in [-0.4, -0.2) is 29.7 Å². The van der Waals surface area contributed by atoms with E-state index < -0.39 is 0 Å². The van der Waals surface area contributed by atoms with Gasteiger partial charge in [-0.3, -0.25) is 9.59 Å². The van der Waals surface area contributed by atoms with Gasteiger partial charge in [-0.25, -0.2) is 0 Å². The molecule has 3 heteroatoms. The number of nitrogens with zero attached hydrogens (tertiary/aromatic N) is 1. The van der Waals surface area contributed by atoms with E-state index in [2.05, 4.69) is 13.8 Å². The molecule has 0 aliphatic carbocycles. The summed E-state index contributed by atoms with van der Waals surface area (Å²) < 4.78 is 0. The van der Waals surface area contributed by atoms with Gasteiger partial charge in [0.25, 0.3) is 0 Å². The highest BCUT2D eigenvalue weighted by atomic mass is 16.2. The van der Waals surface area contributed by atoms with Gasteiger partial charge in [0, 0.05) is 18.5 Å². The van der Waals surface area contributed by atoms with Crippen LogP contribution in [0, 0.1) is 25.7 Å². The smallest absolute Gasteiger partial charge is 0.223 e. The maximum atomic E-state index is 12.3. The molecule has 2 rings (SSSR count). The van der Waals surface area contributed by atoms with Crippen LogP contribution in [-0.2, 0) is 4.79 Å². The Kier molecular flexibility index (Phi) is 4.26. The van der Waals surface area contributed by atoms with Crippen LogP contribution in [0.4, 0.5) is 0 Å². The fourth-order valence-electron chi connectivity index (χ4n) is 2.58. The number of rotatable bonds is 4. The Bertz CT molecular complexity index is 534. The van der Waals surface area contributed by atoms with Crippen molar-refractivity contribution in [3.63, 3.8) is 0 Å². The first kappa shape index (κ1) is 14.8. The Balaban J connectivity index is 2.04. The zero-order valence-corrected chi connectivity index (χ0v) is 12.8. The highest BCUT2D eigenvalue weighted by Gasteiger charge is 2.32. The van der Waals surface area contributed by atoms with E-state index in [0.717, 1.165) is 5.56 Å². The van der Waals surface area contributed by atoms with E-state index in [4.69, 9.17) is 0 Å². The maximum absolute atomic E-state index is 12.3. The summed E-state index contributed by atoms with van der Waals surface area (Å²) in [5, 5.41) is 0. The van der Waals surface area contributed by atoms with E-state index in [1.54, 1.807) is 4.90 Å². The molecule has 3 nitrogen and oxygen atoms in total. The molecule has 1 heterocycles. The molecule has 1 aromatic carbocycles. The predicted molar refractivity (Wildman–Crippen MR) is 79.8 cm³/mol. The van der Waals surface area contributed by atoms with Crippen molar-refractivity contribution in [3.8, 4) is 0 Å². The Morgan fingerprint density at radius 2 is 2.00 bits per heavy atom. The monoisotopic (exact) mass is 273 g/mol. The molecule has 20 heavy (non-hydrogen) atoms. The number of aryl methyl sites for hydroxylation is 2. The van der Waals surface area contributed by atoms with Gasteiger partial charge in [-0.1, -0.05) is 26.0 Å². The van der Waals surface area contributed by atoms with Crippen molar-refractivity contribution in [2.75, 3.05) is 13.1 Å². The Morgan fingerprint density at radius 3 is 2.55 bits per heavy atom. The van der Waals surface area contributed by atoms with Crippen LogP contribution in [0.2, 0.25) is 0 Å². The molecule has 0 radical (unpaired) electrons. The number of amides is 1. The topological polar surface area (TPSA) is 37.4 Å². The number of benzene rings is 1. The Labute approximate surface area is 121 Å². The SMILES string of the molecule is Cc1ccc(C(=O)CN2CC(C(C)C)CC2=O)cc1C. The first-order chi connectivity index (χ1) is 9.38. The van der Waals surface area contributed by atoms with E-state index in [1.807, 2.05) is 32.0 Å². The van der Waals surface area contributed by atoms with Gasteiger partial charge in [-0.15, -0.1) is 0 Å². The van der Waals surface area contributed by atoms with Crippen LogP contribution in [0.5, 0.6) is 0 Å². The lowest BCUT2D eigenvalue weighted by molar-refractivity contribution is -0.127. The largest absolute Gasteiger partial charge is 0.335 e. The minimum absolute atomic E-state index is 0.0332. The number of likely N-dealkylation sites (tertiary alicyclic amines) is 1. The van der Waals surface area contributed by atoms with E-state index >= 15 is 0 Å². The molecule has 1 fully saturated rings. The van der Waals surface area contributed by atoms with Crippen LogP contribution < -0.4 is 0 Å².